The lowest BCUT2D eigenvalue weighted by Gasteiger charge is -2.01. The summed E-state index contributed by atoms with van der Waals surface area (Å²) in [6.45, 7) is 1.83. The first-order valence-corrected chi connectivity index (χ1v) is 2.04. The van der Waals surface area contributed by atoms with Gasteiger partial charge in [0.1, 0.15) is 0 Å². The minimum Gasteiger partial charge on any atom is -0.268 e. The third-order valence-corrected chi connectivity index (χ3v) is 0.847. The molecule has 0 saturated carbocycles. The molecule has 6 heavy (non-hydrogen) atoms. The molecule has 1 heterocycles. The molecule has 0 saturated heterocycles. The number of hydrazine groups is 1. The molecule has 0 spiro atoms. The second-order valence-electron chi connectivity index (χ2n) is 1.43. The Bertz CT molecular complexity index is 59.9. The van der Waals surface area contributed by atoms with Crippen LogP contribution < -0.4 is 5.84 Å². The molecule has 1 aliphatic heterocycles. The van der Waals surface area contributed by atoms with Crippen molar-refractivity contribution in [3.63, 3.8) is 0 Å². The fraction of sp³-hybridized carbons (Fsp3) is 0.500. The number of nitrogens with zero attached hydrogens (tertiary/aromatic N) is 1. The van der Waals surface area contributed by atoms with Gasteiger partial charge < -0.3 is 0 Å². The molecule has 0 atom stereocenters. The van der Waals surface area contributed by atoms with Crippen LogP contribution in [0.5, 0.6) is 0 Å². The maximum atomic E-state index is 5.31. The van der Waals surface area contributed by atoms with Crippen molar-refractivity contribution in [2.75, 3.05) is 13.1 Å². The monoisotopic (exact) mass is 84.1 g/mol. The highest BCUT2D eigenvalue weighted by Crippen LogP contribution is 1.87. The largest absolute Gasteiger partial charge is 0.268 e. The van der Waals surface area contributed by atoms with E-state index >= 15 is 0 Å². The van der Waals surface area contributed by atoms with Crippen molar-refractivity contribution in [3.8, 4) is 0 Å². The summed E-state index contributed by atoms with van der Waals surface area (Å²) in [5, 5.41) is 1.75. The summed E-state index contributed by atoms with van der Waals surface area (Å²) >= 11 is 0. The van der Waals surface area contributed by atoms with Gasteiger partial charge in [-0.3, -0.25) is 5.84 Å². The standard InChI is InChI=1S/C4H8N2/c5-6-3-1-2-4-6/h1-2H,3-5H2. The van der Waals surface area contributed by atoms with E-state index in [2.05, 4.69) is 12.2 Å². The molecule has 0 fully saturated rings. The molecule has 2 N–H and O–H groups in total. The van der Waals surface area contributed by atoms with E-state index in [0.717, 1.165) is 13.1 Å². The molecule has 0 unspecified atom stereocenters. The summed E-state index contributed by atoms with van der Waals surface area (Å²) < 4.78 is 0. The lowest BCUT2D eigenvalue weighted by molar-refractivity contribution is 0.370. The van der Waals surface area contributed by atoms with Crippen LogP contribution in [0.1, 0.15) is 0 Å². The van der Waals surface area contributed by atoms with Crippen LogP contribution in [0.25, 0.3) is 0 Å². The maximum absolute atomic E-state index is 5.31. The van der Waals surface area contributed by atoms with Crippen LogP contribution in [0.3, 0.4) is 0 Å². The van der Waals surface area contributed by atoms with Gasteiger partial charge in [-0.05, 0) is 0 Å². The molecule has 0 radical (unpaired) electrons. The van der Waals surface area contributed by atoms with Crippen molar-refractivity contribution in [1.29, 1.82) is 0 Å². The van der Waals surface area contributed by atoms with E-state index in [-0.39, 0.29) is 0 Å². The van der Waals surface area contributed by atoms with E-state index in [1.807, 2.05) is 0 Å². The van der Waals surface area contributed by atoms with Crippen LogP contribution in [0.4, 0.5) is 0 Å². The molecule has 0 amide bonds. The number of hydrogen-bond donors (Lipinski definition) is 1. The van der Waals surface area contributed by atoms with Crippen molar-refractivity contribution >= 4 is 0 Å². The molecule has 1 aliphatic rings. The molecule has 1 rings (SSSR count). The topological polar surface area (TPSA) is 29.3 Å². The minimum absolute atomic E-state index is 0.917. The molecule has 34 valence electrons. The number of nitrogens with two attached hydrogens (primary N) is 1. The van der Waals surface area contributed by atoms with Gasteiger partial charge in [0.05, 0.1) is 0 Å². The summed E-state index contributed by atoms with van der Waals surface area (Å²) in [6.07, 6.45) is 4.11. The van der Waals surface area contributed by atoms with E-state index < -0.39 is 0 Å². The van der Waals surface area contributed by atoms with E-state index in [4.69, 9.17) is 5.84 Å². The van der Waals surface area contributed by atoms with Crippen LogP contribution in [0, 0.1) is 0 Å². The molecule has 0 aromatic carbocycles. The second-order valence-corrected chi connectivity index (χ2v) is 1.43. The summed E-state index contributed by atoms with van der Waals surface area (Å²) in [6, 6.07) is 0. The van der Waals surface area contributed by atoms with Gasteiger partial charge >= 0.3 is 0 Å². The SMILES string of the molecule is NN1CC=CC1. The Morgan fingerprint density at radius 3 is 2.00 bits per heavy atom. The van der Waals surface area contributed by atoms with Gasteiger partial charge in [-0.2, -0.15) is 0 Å². The minimum atomic E-state index is 0.917. The van der Waals surface area contributed by atoms with Gasteiger partial charge in [0.15, 0.2) is 0 Å². The fourth-order valence-corrected chi connectivity index (χ4v) is 0.494. The Morgan fingerprint density at radius 2 is 1.83 bits per heavy atom. The molecular weight excluding hydrogens is 76.1 g/mol. The molecule has 0 bridgehead atoms. The van der Waals surface area contributed by atoms with Crippen LogP contribution in [0.2, 0.25) is 0 Å². The highest BCUT2D eigenvalue weighted by Gasteiger charge is 1.95. The second kappa shape index (κ2) is 1.41. The van der Waals surface area contributed by atoms with Crippen LogP contribution >= 0.6 is 0 Å². The number of rotatable bonds is 0. The van der Waals surface area contributed by atoms with E-state index in [0.29, 0.717) is 0 Å². The van der Waals surface area contributed by atoms with E-state index in [9.17, 15) is 0 Å². The van der Waals surface area contributed by atoms with Crippen LogP contribution in [0.15, 0.2) is 12.2 Å². The van der Waals surface area contributed by atoms with Gasteiger partial charge in [-0.15, -0.1) is 0 Å². The number of hydrogen-bond acceptors (Lipinski definition) is 2. The predicted octanol–water partition coefficient (Wildman–Crippen LogP) is -0.268. The molecule has 0 aromatic heterocycles. The smallest absolute Gasteiger partial charge is 0.0313 e. The molecule has 2 heteroatoms. The van der Waals surface area contributed by atoms with Gasteiger partial charge in [0.2, 0.25) is 0 Å². The quantitative estimate of drug-likeness (QED) is 0.323. The van der Waals surface area contributed by atoms with Crippen molar-refractivity contribution in [2.24, 2.45) is 5.84 Å². The third kappa shape index (κ3) is 0.584. The van der Waals surface area contributed by atoms with Crippen LogP contribution in [-0.2, 0) is 0 Å². The Morgan fingerprint density at radius 1 is 1.33 bits per heavy atom. The average Bonchev–Trinajstić information content (AvgIpc) is 1.86. The normalized spacial score (nSPS) is 22.8. The Labute approximate surface area is 37.2 Å². The zero-order valence-corrected chi connectivity index (χ0v) is 3.59. The van der Waals surface area contributed by atoms with Crippen LogP contribution in [-0.4, -0.2) is 18.1 Å². The maximum Gasteiger partial charge on any atom is 0.0313 e. The molecular formula is C4H8N2. The van der Waals surface area contributed by atoms with Gasteiger partial charge in [0.25, 0.3) is 0 Å². The summed E-state index contributed by atoms with van der Waals surface area (Å²) in [7, 11) is 0. The van der Waals surface area contributed by atoms with Crippen molar-refractivity contribution in [1.82, 2.24) is 5.01 Å². The third-order valence-electron chi connectivity index (χ3n) is 0.847. The van der Waals surface area contributed by atoms with Crippen molar-refractivity contribution in [3.05, 3.63) is 12.2 Å². The predicted molar refractivity (Wildman–Crippen MR) is 24.9 cm³/mol. The fourth-order valence-electron chi connectivity index (χ4n) is 0.494. The zero-order valence-electron chi connectivity index (χ0n) is 3.59. The summed E-state index contributed by atoms with van der Waals surface area (Å²) in [5.74, 6) is 5.31. The first-order chi connectivity index (χ1) is 2.89. The van der Waals surface area contributed by atoms with Gasteiger partial charge in [-0.1, -0.05) is 12.2 Å². The lowest BCUT2D eigenvalue weighted by atomic mass is 10.6. The highest BCUT2D eigenvalue weighted by molar-refractivity contribution is 4.92. The Hall–Kier alpha value is -0.340. The molecule has 0 aromatic rings. The molecule has 2 nitrogen and oxygen atoms in total. The van der Waals surface area contributed by atoms with E-state index in [1.165, 1.54) is 0 Å². The Balaban J connectivity index is 2.32. The molecule has 0 aliphatic carbocycles. The average molecular weight is 84.1 g/mol. The first-order valence-electron chi connectivity index (χ1n) is 2.04. The van der Waals surface area contributed by atoms with Gasteiger partial charge in [-0.25, -0.2) is 5.01 Å². The lowest BCUT2D eigenvalue weighted by Crippen LogP contribution is -2.27. The Kier molecular flexibility index (Phi) is 0.900. The van der Waals surface area contributed by atoms with Gasteiger partial charge in [0, 0.05) is 13.1 Å². The summed E-state index contributed by atoms with van der Waals surface area (Å²) in [5.41, 5.74) is 0. The van der Waals surface area contributed by atoms with Crippen molar-refractivity contribution in [2.45, 2.75) is 0 Å². The van der Waals surface area contributed by atoms with E-state index in [1.54, 1.807) is 5.01 Å². The summed E-state index contributed by atoms with van der Waals surface area (Å²) in [4.78, 5) is 0. The first kappa shape index (κ1) is 3.84. The zero-order chi connectivity index (χ0) is 4.41. The van der Waals surface area contributed by atoms with Crippen molar-refractivity contribution < 1.29 is 0 Å². The highest BCUT2D eigenvalue weighted by atomic mass is 15.4.